The molecule has 0 aromatic heterocycles. The van der Waals surface area contributed by atoms with Gasteiger partial charge in [-0.15, -0.1) is 0 Å². The number of nitrogens with zero attached hydrogens (tertiary/aromatic N) is 2. The highest BCUT2D eigenvalue weighted by Crippen LogP contribution is 2.30. The van der Waals surface area contributed by atoms with Crippen molar-refractivity contribution in [1.82, 2.24) is 4.90 Å². The Hall–Kier alpha value is -3.58. The van der Waals surface area contributed by atoms with Crippen LogP contribution in [0.5, 0.6) is 5.75 Å². The predicted molar refractivity (Wildman–Crippen MR) is 126 cm³/mol. The molecule has 4 rings (SSSR count). The largest absolute Gasteiger partial charge is 0.483 e. The first-order valence-electron chi connectivity index (χ1n) is 11.3. The average Bonchev–Trinajstić information content (AvgIpc) is 2.87. The molecule has 0 saturated carbocycles. The molecular formula is C28H28N2O2. The molecule has 3 aromatic rings. The van der Waals surface area contributed by atoms with Gasteiger partial charge in [-0.1, -0.05) is 60.7 Å². The Balaban J connectivity index is 1.28. The standard InChI is InChI=1S/C28H28N2O2/c29-20-24-12-14-25(15-13-24)26-8-4-5-9-27(26)32-21-28(31)30-18-16-23(17-19-30)11-10-22-6-2-1-3-7-22/h1-9,12-15,23H,10-11,16-19,21H2. The van der Waals surface area contributed by atoms with Crippen LogP contribution in [0.3, 0.4) is 0 Å². The number of carbonyl (C=O) groups excluding carboxylic acids is 1. The lowest BCUT2D eigenvalue weighted by atomic mass is 9.90. The molecule has 0 bridgehead atoms. The minimum atomic E-state index is 0.0427. The Morgan fingerprint density at radius 3 is 2.34 bits per heavy atom. The summed E-state index contributed by atoms with van der Waals surface area (Å²) in [5.74, 6) is 1.40. The third-order valence-electron chi connectivity index (χ3n) is 6.21. The fraction of sp³-hybridized carbons (Fsp3) is 0.286. The number of ether oxygens (including phenoxy) is 1. The lowest BCUT2D eigenvalue weighted by Gasteiger charge is -2.32. The molecular weight excluding hydrogens is 396 g/mol. The summed E-state index contributed by atoms with van der Waals surface area (Å²) in [5.41, 5.74) is 3.89. The maximum atomic E-state index is 12.8. The van der Waals surface area contributed by atoms with E-state index in [2.05, 4.69) is 36.4 Å². The molecule has 0 unspecified atom stereocenters. The summed E-state index contributed by atoms with van der Waals surface area (Å²) >= 11 is 0. The topological polar surface area (TPSA) is 53.3 Å². The number of amides is 1. The van der Waals surface area contributed by atoms with Crippen LogP contribution in [0.25, 0.3) is 11.1 Å². The zero-order chi connectivity index (χ0) is 22.2. The van der Waals surface area contributed by atoms with Gasteiger partial charge in [0, 0.05) is 18.7 Å². The lowest BCUT2D eigenvalue weighted by Crippen LogP contribution is -2.41. The molecule has 1 aliphatic heterocycles. The van der Waals surface area contributed by atoms with Crippen molar-refractivity contribution in [2.75, 3.05) is 19.7 Å². The Morgan fingerprint density at radius 1 is 0.938 bits per heavy atom. The van der Waals surface area contributed by atoms with E-state index in [0.29, 0.717) is 17.2 Å². The van der Waals surface area contributed by atoms with Crippen molar-refractivity contribution < 1.29 is 9.53 Å². The van der Waals surface area contributed by atoms with E-state index in [1.165, 1.54) is 12.0 Å². The third kappa shape index (κ3) is 5.56. The van der Waals surface area contributed by atoms with Gasteiger partial charge in [0.25, 0.3) is 5.91 Å². The molecule has 1 amide bonds. The molecule has 1 saturated heterocycles. The first kappa shape index (κ1) is 21.6. The highest BCUT2D eigenvalue weighted by atomic mass is 16.5. The fourth-order valence-corrected chi connectivity index (χ4v) is 4.27. The normalized spacial score (nSPS) is 14.0. The molecule has 0 N–H and O–H groups in total. The summed E-state index contributed by atoms with van der Waals surface area (Å²) in [6, 6.07) is 27.9. The third-order valence-corrected chi connectivity index (χ3v) is 6.21. The molecule has 0 aliphatic carbocycles. The van der Waals surface area contributed by atoms with E-state index >= 15 is 0 Å². The number of hydrogen-bond donors (Lipinski definition) is 0. The monoisotopic (exact) mass is 424 g/mol. The SMILES string of the molecule is N#Cc1ccc(-c2ccccc2OCC(=O)N2CCC(CCc3ccccc3)CC2)cc1. The van der Waals surface area contributed by atoms with E-state index in [9.17, 15) is 4.79 Å². The molecule has 4 heteroatoms. The second-order valence-electron chi connectivity index (χ2n) is 8.32. The number of hydrogen-bond acceptors (Lipinski definition) is 3. The summed E-state index contributed by atoms with van der Waals surface area (Å²) < 4.78 is 5.94. The van der Waals surface area contributed by atoms with E-state index in [-0.39, 0.29) is 12.5 Å². The van der Waals surface area contributed by atoms with Gasteiger partial charge in [-0.2, -0.15) is 5.26 Å². The van der Waals surface area contributed by atoms with Gasteiger partial charge in [0.15, 0.2) is 6.61 Å². The van der Waals surface area contributed by atoms with Crippen LogP contribution < -0.4 is 4.74 Å². The number of rotatable bonds is 7. The van der Waals surface area contributed by atoms with Crippen molar-refractivity contribution in [2.24, 2.45) is 5.92 Å². The Bertz CT molecular complexity index is 1060. The molecule has 3 aromatic carbocycles. The van der Waals surface area contributed by atoms with Crippen molar-refractivity contribution in [3.05, 3.63) is 90.0 Å². The van der Waals surface area contributed by atoms with E-state index < -0.39 is 0 Å². The lowest BCUT2D eigenvalue weighted by molar-refractivity contribution is -0.134. The minimum Gasteiger partial charge on any atom is -0.483 e. The molecule has 4 nitrogen and oxygen atoms in total. The number of piperidine rings is 1. The summed E-state index contributed by atoms with van der Waals surface area (Å²) in [6.07, 6.45) is 4.40. The summed E-state index contributed by atoms with van der Waals surface area (Å²) in [6.45, 7) is 1.65. The van der Waals surface area contributed by atoms with Crippen molar-refractivity contribution >= 4 is 5.91 Å². The first-order chi connectivity index (χ1) is 15.7. The zero-order valence-electron chi connectivity index (χ0n) is 18.2. The average molecular weight is 425 g/mol. The van der Waals surface area contributed by atoms with Crippen LogP contribution in [0.4, 0.5) is 0 Å². The highest BCUT2D eigenvalue weighted by molar-refractivity contribution is 5.78. The van der Waals surface area contributed by atoms with E-state index in [4.69, 9.17) is 10.00 Å². The minimum absolute atomic E-state index is 0.0427. The molecule has 162 valence electrons. The predicted octanol–water partition coefficient (Wildman–Crippen LogP) is 5.48. The molecule has 32 heavy (non-hydrogen) atoms. The van der Waals surface area contributed by atoms with Gasteiger partial charge in [-0.25, -0.2) is 0 Å². The number of nitriles is 1. The van der Waals surface area contributed by atoms with E-state index in [1.807, 2.05) is 41.3 Å². The number of benzene rings is 3. The molecule has 0 atom stereocenters. The second kappa shape index (κ2) is 10.6. The van der Waals surface area contributed by atoms with E-state index in [0.717, 1.165) is 43.5 Å². The molecule has 1 heterocycles. The second-order valence-corrected chi connectivity index (χ2v) is 8.32. The molecule has 0 radical (unpaired) electrons. The summed E-state index contributed by atoms with van der Waals surface area (Å²) in [4.78, 5) is 14.7. The van der Waals surface area contributed by atoms with Gasteiger partial charge in [-0.05, 0) is 60.9 Å². The zero-order valence-corrected chi connectivity index (χ0v) is 18.2. The first-order valence-corrected chi connectivity index (χ1v) is 11.3. The van der Waals surface area contributed by atoms with Crippen LogP contribution in [-0.2, 0) is 11.2 Å². The van der Waals surface area contributed by atoms with Crippen molar-refractivity contribution in [1.29, 1.82) is 5.26 Å². The quantitative estimate of drug-likeness (QED) is 0.505. The molecule has 1 aliphatic rings. The Kier molecular flexibility index (Phi) is 7.19. The number of para-hydroxylation sites is 1. The number of likely N-dealkylation sites (tertiary alicyclic amines) is 1. The van der Waals surface area contributed by atoms with Crippen LogP contribution in [-0.4, -0.2) is 30.5 Å². The van der Waals surface area contributed by atoms with Gasteiger partial charge in [0.1, 0.15) is 5.75 Å². The summed E-state index contributed by atoms with van der Waals surface area (Å²) in [7, 11) is 0. The van der Waals surface area contributed by atoms with Gasteiger partial charge in [0.05, 0.1) is 11.6 Å². The number of aryl methyl sites for hydroxylation is 1. The van der Waals surface area contributed by atoms with Crippen molar-refractivity contribution in [3.63, 3.8) is 0 Å². The summed E-state index contributed by atoms with van der Waals surface area (Å²) in [5, 5.41) is 9.00. The van der Waals surface area contributed by atoms with Crippen LogP contribution in [0.1, 0.15) is 30.4 Å². The fourth-order valence-electron chi connectivity index (χ4n) is 4.27. The van der Waals surface area contributed by atoms with E-state index in [1.54, 1.807) is 12.1 Å². The maximum absolute atomic E-state index is 12.8. The van der Waals surface area contributed by atoms with Crippen molar-refractivity contribution in [2.45, 2.75) is 25.7 Å². The number of carbonyl (C=O) groups is 1. The van der Waals surface area contributed by atoms with Gasteiger partial charge in [-0.3, -0.25) is 4.79 Å². The van der Waals surface area contributed by atoms with Crippen LogP contribution >= 0.6 is 0 Å². The van der Waals surface area contributed by atoms with Crippen molar-refractivity contribution in [3.8, 4) is 22.9 Å². The van der Waals surface area contributed by atoms with Gasteiger partial charge >= 0.3 is 0 Å². The smallest absolute Gasteiger partial charge is 0.260 e. The van der Waals surface area contributed by atoms with Crippen LogP contribution in [0.15, 0.2) is 78.9 Å². The Morgan fingerprint density at radius 2 is 1.62 bits per heavy atom. The van der Waals surface area contributed by atoms with Crippen LogP contribution in [0.2, 0.25) is 0 Å². The Labute approximate surface area is 190 Å². The van der Waals surface area contributed by atoms with Gasteiger partial charge < -0.3 is 9.64 Å². The highest BCUT2D eigenvalue weighted by Gasteiger charge is 2.23. The van der Waals surface area contributed by atoms with Crippen LogP contribution in [0, 0.1) is 17.2 Å². The van der Waals surface area contributed by atoms with Gasteiger partial charge in [0.2, 0.25) is 0 Å². The molecule has 0 spiro atoms. The maximum Gasteiger partial charge on any atom is 0.260 e. The molecule has 1 fully saturated rings.